The minimum absolute atomic E-state index is 0.266. The van der Waals surface area contributed by atoms with Crippen LogP contribution >= 0.6 is 11.6 Å². The molecule has 0 aliphatic heterocycles. The third-order valence-electron chi connectivity index (χ3n) is 2.35. The number of halogens is 1. The van der Waals surface area contributed by atoms with Crippen molar-refractivity contribution in [1.82, 2.24) is 0 Å². The molecular formula is C9H12ClN. The van der Waals surface area contributed by atoms with Crippen molar-refractivity contribution in [2.75, 3.05) is 0 Å². The maximum absolute atomic E-state index is 8.61. The maximum Gasteiger partial charge on any atom is 0.0655 e. The van der Waals surface area contributed by atoms with Crippen LogP contribution in [0.4, 0.5) is 0 Å². The van der Waals surface area contributed by atoms with Gasteiger partial charge < -0.3 is 0 Å². The van der Waals surface area contributed by atoms with Gasteiger partial charge in [-0.1, -0.05) is 18.2 Å². The molecule has 0 aromatic heterocycles. The summed E-state index contributed by atoms with van der Waals surface area (Å²) in [6.45, 7) is 3.71. The zero-order valence-corrected chi connectivity index (χ0v) is 7.27. The predicted molar refractivity (Wildman–Crippen MR) is 46.1 cm³/mol. The fourth-order valence-corrected chi connectivity index (χ4v) is 1.75. The zero-order chi connectivity index (χ0) is 8.27. The molecule has 0 N–H and O–H groups in total. The lowest BCUT2D eigenvalue weighted by Crippen LogP contribution is -2.12. The largest absolute Gasteiger partial charge is 0.198 e. The Morgan fingerprint density at radius 1 is 1.36 bits per heavy atom. The highest BCUT2D eigenvalue weighted by atomic mass is 35.5. The normalized spacial score (nSPS) is 30.9. The highest BCUT2D eigenvalue weighted by Crippen LogP contribution is 2.33. The van der Waals surface area contributed by atoms with Crippen molar-refractivity contribution in [3.63, 3.8) is 0 Å². The first-order chi connectivity index (χ1) is 5.24. The highest BCUT2D eigenvalue weighted by Gasteiger charge is 2.21. The van der Waals surface area contributed by atoms with Crippen molar-refractivity contribution in [2.45, 2.75) is 25.7 Å². The van der Waals surface area contributed by atoms with E-state index in [1.807, 2.05) is 0 Å². The number of hydrogen-bond donors (Lipinski definition) is 0. The third kappa shape index (κ3) is 2.24. The van der Waals surface area contributed by atoms with Gasteiger partial charge >= 0.3 is 0 Å². The minimum Gasteiger partial charge on any atom is -0.198 e. The average Bonchev–Trinajstić information content (AvgIpc) is 2.05. The standard InChI is InChI=1S/C9H12ClN/c1-7(10)9-4-2-8(6-11)3-5-9/h8-9H,1-5H2. The quantitative estimate of drug-likeness (QED) is 0.592. The molecule has 1 nitrogen and oxygen atoms in total. The summed E-state index contributed by atoms with van der Waals surface area (Å²) >= 11 is 5.77. The SMILES string of the molecule is C=C(Cl)C1CCC(C#N)CC1. The number of rotatable bonds is 1. The van der Waals surface area contributed by atoms with Crippen molar-refractivity contribution in [3.8, 4) is 6.07 Å². The molecule has 0 spiro atoms. The van der Waals surface area contributed by atoms with Gasteiger partial charge in [-0.25, -0.2) is 0 Å². The molecular weight excluding hydrogens is 158 g/mol. The van der Waals surface area contributed by atoms with Gasteiger partial charge in [0.1, 0.15) is 0 Å². The molecule has 0 radical (unpaired) electrons. The van der Waals surface area contributed by atoms with Crippen molar-refractivity contribution in [3.05, 3.63) is 11.6 Å². The van der Waals surface area contributed by atoms with E-state index in [0.29, 0.717) is 5.92 Å². The van der Waals surface area contributed by atoms with Crippen molar-refractivity contribution in [2.24, 2.45) is 11.8 Å². The summed E-state index contributed by atoms with van der Waals surface area (Å²) in [6, 6.07) is 2.29. The van der Waals surface area contributed by atoms with E-state index in [-0.39, 0.29) is 5.92 Å². The Balaban J connectivity index is 2.37. The molecule has 1 aliphatic carbocycles. The van der Waals surface area contributed by atoms with Gasteiger partial charge in [0.15, 0.2) is 0 Å². The predicted octanol–water partition coefficient (Wildman–Crippen LogP) is 3.07. The molecule has 0 bridgehead atoms. The van der Waals surface area contributed by atoms with Gasteiger partial charge in [-0.2, -0.15) is 5.26 Å². The van der Waals surface area contributed by atoms with Gasteiger partial charge in [0.05, 0.1) is 6.07 Å². The molecule has 1 rings (SSSR count). The lowest BCUT2D eigenvalue weighted by molar-refractivity contribution is 0.358. The third-order valence-corrected chi connectivity index (χ3v) is 2.66. The molecule has 2 heteroatoms. The Morgan fingerprint density at radius 2 is 1.91 bits per heavy atom. The van der Waals surface area contributed by atoms with Crippen LogP contribution in [0.5, 0.6) is 0 Å². The van der Waals surface area contributed by atoms with E-state index in [1.165, 1.54) is 0 Å². The van der Waals surface area contributed by atoms with E-state index >= 15 is 0 Å². The number of allylic oxidation sites excluding steroid dienone is 1. The average molecular weight is 170 g/mol. The van der Waals surface area contributed by atoms with Crippen LogP contribution in [-0.2, 0) is 0 Å². The lowest BCUT2D eigenvalue weighted by Gasteiger charge is -2.23. The monoisotopic (exact) mass is 169 g/mol. The van der Waals surface area contributed by atoms with E-state index in [2.05, 4.69) is 12.6 Å². The first kappa shape index (κ1) is 8.62. The van der Waals surface area contributed by atoms with Crippen molar-refractivity contribution >= 4 is 11.6 Å². The molecule has 0 amide bonds. The van der Waals surface area contributed by atoms with E-state index < -0.39 is 0 Å². The van der Waals surface area contributed by atoms with Crippen molar-refractivity contribution in [1.29, 1.82) is 5.26 Å². The van der Waals surface area contributed by atoms with Gasteiger partial charge in [-0.3, -0.25) is 0 Å². The van der Waals surface area contributed by atoms with Crippen LogP contribution in [0.25, 0.3) is 0 Å². The van der Waals surface area contributed by atoms with Crippen LogP contribution in [-0.4, -0.2) is 0 Å². The summed E-state index contributed by atoms with van der Waals surface area (Å²) in [5.74, 6) is 0.725. The van der Waals surface area contributed by atoms with Crippen LogP contribution in [0.2, 0.25) is 0 Å². The van der Waals surface area contributed by atoms with Crippen LogP contribution in [0.3, 0.4) is 0 Å². The second kappa shape index (κ2) is 3.78. The summed E-state index contributed by atoms with van der Waals surface area (Å²) < 4.78 is 0. The fourth-order valence-electron chi connectivity index (χ4n) is 1.54. The Kier molecular flexibility index (Phi) is 2.96. The first-order valence-corrected chi connectivity index (χ1v) is 4.35. The van der Waals surface area contributed by atoms with E-state index in [4.69, 9.17) is 16.9 Å². The summed E-state index contributed by atoms with van der Waals surface area (Å²) in [4.78, 5) is 0. The summed E-state index contributed by atoms with van der Waals surface area (Å²) in [5, 5.41) is 9.38. The minimum atomic E-state index is 0.266. The molecule has 0 unspecified atom stereocenters. The Bertz CT molecular complexity index is 184. The Morgan fingerprint density at radius 3 is 2.27 bits per heavy atom. The molecule has 0 atom stereocenters. The molecule has 0 saturated heterocycles. The van der Waals surface area contributed by atoms with E-state index in [1.54, 1.807) is 0 Å². The van der Waals surface area contributed by atoms with Gasteiger partial charge in [0.25, 0.3) is 0 Å². The van der Waals surface area contributed by atoms with E-state index in [0.717, 1.165) is 30.7 Å². The lowest BCUT2D eigenvalue weighted by atomic mass is 9.83. The molecule has 0 heterocycles. The smallest absolute Gasteiger partial charge is 0.0655 e. The summed E-state index contributed by atoms with van der Waals surface area (Å²) in [5.41, 5.74) is 0. The van der Waals surface area contributed by atoms with Crippen molar-refractivity contribution < 1.29 is 0 Å². The van der Waals surface area contributed by atoms with Gasteiger partial charge in [-0.05, 0) is 31.6 Å². The van der Waals surface area contributed by atoms with E-state index in [9.17, 15) is 0 Å². The number of nitrogens with zero attached hydrogens (tertiary/aromatic N) is 1. The molecule has 0 aromatic rings. The fraction of sp³-hybridized carbons (Fsp3) is 0.667. The van der Waals surface area contributed by atoms with Crippen LogP contribution in [0.15, 0.2) is 11.6 Å². The molecule has 0 aromatic carbocycles. The Hall–Kier alpha value is -0.480. The molecule has 60 valence electrons. The number of hydrogen-bond acceptors (Lipinski definition) is 1. The second-order valence-electron chi connectivity index (χ2n) is 3.12. The zero-order valence-electron chi connectivity index (χ0n) is 6.52. The Labute approximate surface area is 72.7 Å². The molecule has 11 heavy (non-hydrogen) atoms. The van der Waals surface area contributed by atoms with Gasteiger partial charge in [-0.15, -0.1) is 0 Å². The van der Waals surface area contributed by atoms with Gasteiger partial charge in [0.2, 0.25) is 0 Å². The second-order valence-corrected chi connectivity index (χ2v) is 3.61. The summed E-state index contributed by atoms with van der Waals surface area (Å²) in [6.07, 6.45) is 4.07. The maximum atomic E-state index is 8.61. The highest BCUT2D eigenvalue weighted by molar-refractivity contribution is 6.29. The first-order valence-electron chi connectivity index (χ1n) is 3.98. The number of nitriles is 1. The summed E-state index contributed by atoms with van der Waals surface area (Å²) in [7, 11) is 0. The molecule has 1 fully saturated rings. The van der Waals surface area contributed by atoms with Gasteiger partial charge in [0, 0.05) is 11.0 Å². The topological polar surface area (TPSA) is 23.8 Å². The van der Waals surface area contributed by atoms with Crippen LogP contribution in [0, 0.1) is 23.2 Å². The van der Waals surface area contributed by atoms with Crippen LogP contribution < -0.4 is 0 Å². The molecule has 1 aliphatic rings. The van der Waals surface area contributed by atoms with Crippen LogP contribution in [0.1, 0.15) is 25.7 Å². The molecule has 1 saturated carbocycles.